The highest BCUT2D eigenvalue weighted by molar-refractivity contribution is 9.10. The predicted molar refractivity (Wildman–Crippen MR) is 60.8 cm³/mol. The van der Waals surface area contributed by atoms with Gasteiger partial charge in [-0.25, -0.2) is 0 Å². The Morgan fingerprint density at radius 2 is 2.06 bits per heavy atom. The van der Waals surface area contributed by atoms with Gasteiger partial charge in [0.05, 0.1) is 5.56 Å². The lowest BCUT2D eigenvalue weighted by Gasteiger charge is -2.17. The summed E-state index contributed by atoms with van der Waals surface area (Å²) in [6.45, 7) is 0.762. The van der Waals surface area contributed by atoms with Gasteiger partial charge >= 0.3 is 6.18 Å². The molecule has 0 radical (unpaired) electrons. The molecule has 0 bridgehead atoms. The molecule has 1 atom stereocenters. The van der Waals surface area contributed by atoms with Gasteiger partial charge in [-0.3, -0.25) is 0 Å². The highest BCUT2D eigenvalue weighted by Crippen LogP contribution is 2.42. The van der Waals surface area contributed by atoms with Crippen molar-refractivity contribution >= 4 is 15.9 Å². The fourth-order valence-corrected chi connectivity index (χ4v) is 2.53. The second-order valence-electron chi connectivity index (χ2n) is 4.04. The van der Waals surface area contributed by atoms with Gasteiger partial charge < -0.3 is 10.4 Å². The molecule has 94 valence electrons. The second-order valence-corrected chi connectivity index (χ2v) is 4.95. The number of phenolic OH excluding ortho intramolecular Hbond substituents is 1. The summed E-state index contributed by atoms with van der Waals surface area (Å²) in [5.41, 5.74) is -0.681. The van der Waals surface area contributed by atoms with E-state index in [1.807, 2.05) is 0 Å². The Hall–Kier alpha value is -0.750. The molecule has 1 fully saturated rings. The van der Waals surface area contributed by atoms with Gasteiger partial charge in [0.1, 0.15) is 5.75 Å². The van der Waals surface area contributed by atoms with E-state index in [1.54, 1.807) is 0 Å². The van der Waals surface area contributed by atoms with Gasteiger partial charge in [0.2, 0.25) is 0 Å². The molecule has 2 rings (SSSR count). The standard InChI is InChI=1S/C11H11BrF3NO/c12-6-4-7(9-2-1-3-16-9)10(17)8(5-6)11(13,14)15/h4-5,9,16-17H,1-3H2. The zero-order valence-corrected chi connectivity index (χ0v) is 10.4. The fraction of sp³-hybridized carbons (Fsp3) is 0.455. The van der Waals surface area contributed by atoms with Crippen LogP contribution in [0.15, 0.2) is 16.6 Å². The topological polar surface area (TPSA) is 32.3 Å². The van der Waals surface area contributed by atoms with Crippen LogP contribution in [0.4, 0.5) is 13.2 Å². The summed E-state index contributed by atoms with van der Waals surface area (Å²) in [4.78, 5) is 0. The molecule has 1 aliphatic heterocycles. The molecular weight excluding hydrogens is 299 g/mol. The van der Waals surface area contributed by atoms with E-state index in [9.17, 15) is 18.3 Å². The average molecular weight is 310 g/mol. The van der Waals surface area contributed by atoms with Gasteiger partial charge in [-0.15, -0.1) is 0 Å². The molecule has 2 N–H and O–H groups in total. The zero-order valence-electron chi connectivity index (χ0n) is 8.81. The van der Waals surface area contributed by atoms with Gasteiger partial charge in [-0.1, -0.05) is 15.9 Å². The third-order valence-electron chi connectivity index (χ3n) is 2.85. The van der Waals surface area contributed by atoms with Crippen molar-refractivity contribution in [2.24, 2.45) is 0 Å². The monoisotopic (exact) mass is 309 g/mol. The minimum Gasteiger partial charge on any atom is -0.507 e. The molecule has 6 heteroatoms. The van der Waals surface area contributed by atoms with Crippen molar-refractivity contribution in [1.29, 1.82) is 0 Å². The molecule has 1 saturated heterocycles. The number of hydrogen-bond donors (Lipinski definition) is 2. The lowest BCUT2D eigenvalue weighted by Crippen LogP contribution is -2.15. The number of phenols is 1. The van der Waals surface area contributed by atoms with Crippen LogP contribution in [0.3, 0.4) is 0 Å². The summed E-state index contributed by atoms with van der Waals surface area (Å²) in [7, 11) is 0. The molecule has 0 aromatic heterocycles. The minimum atomic E-state index is -4.54. The largest absolute Gasteiger partial charge is 0.507 e. The highest BCUT2D eigenvalue weighted by atomic mass is 79.9. The zero-order chi connectivity index (χ0) is 12.6. The van der Waals surface area contributed by atoms with Crippen molar-refractivity contribution in [1.82, 2.24) is 5.32 Å². The maximum Gasteiger partial charge on any atom is 0.420 e. The predicted octanol–water partition coefficient (Wildman–Crippen LogP) is 3.60. The molecule has 0 spiro atoms. The molecule has 2 nitrogen and oxygen atoms in total. The molecule has 1 aliphatic rings. The van der Waals surface area contributed by atoms with Crippen LogP contribution in [-0.4, -0.2) is 11.7 Å². The summed E-state index contributed by atoms with van der Waals surface area (Å²) in [6.07, 6.45) is -2.90. The van der Waals surface area contributed by atoms with Crippen LogP contribution in [-0.2, 0) is 6.18 Å². The van der Waals surface area contributed by atoms with Crippen molar-refractivity contribution in [2.75, 3.05) is 6.54 Å². The summed E-state index contributed by atoms with van der Waals surface area (Å²) in [5.74, 6) is -0.667. The Morgan fingerprint density at radius 3 is 2.59 bits per heavy atom. The van der Waals surface area contributed by atoms with Crippen LogP contribution < -0.4 is 5.32 Å². The second kappa shape index (κ2) is 4.49. The SMILES string of the molecule is Oc1c(C2CCCN2)cc(Br)cc1C(F)(F)F. The van der Waals surface area contributed by atoms with E-state index in [0.717, 1.165) is 25.5 Å². The van der Waals surface area contributed by atoms with E-state index >= 15 is 0 Å². The van der Waals surface area contributed by atoms with Gasteiger partial charge in [-0.2, -0.15) is 13.2 Å². The van der Waals surface area contributed by atoms with Crippen LogP contribution in [0.25, 0.3) is 0 Å². The quantitative estimate of drug-likeness (QED) is 0.831. The van der Waals surface area contributed by atoms with Gasteiger partial charge in [-0.05, 0) is 31.5 Å². The average Bonchev–Trinajstić information content (AvgIpc) is 2.72. The van der Waals surface area contributed by atoms with Crippen LogP contribution in [0.1, 0.15) is 30.0 Å². The molecule has 1 aromatic rings. The number of rotatable bonds is 1. The van der Waals surface area contributed by atoms with Crippen LogP contribution in [0.5, 0.6) is 5.75 Å². The Labute approximate surface area is 105 Å². The Balaban J connectivity index is 2.49. The van der Waals surface area contributed by atoms with Crippen molar-refractivity contribution in [3.05, 3.63) is 27.7 Å². The first-order chi connectivity index (χ1) is 7.89. The first kappa shape index (κ1) is 12.7. The number of benzene rings is 1. The van der Waals surface area contributed by atoms with E-state index in [-0.39, 0.29) is 6.04 Å². The summed E-state index contributed by atoms with van der Waals surface area (Å²) >= 11 is 3.05. The summed E-state index contributed by atoms with van der Waals surface area (Å²) in [5, 5.41) is 12.8. The van der Waals surface area contributed by atoms with Crippen molar-refractivity contribution in [2.45, 2.75) is 25.1 Å². The molecular formula is C11H11BrF3NO. The number of halogens is 4. The van der Waals surface area contributed by atoms with E-state index in [1.165, 1.54) is 6.07 Å². The van der Waals surface area contributed by atoms with E-state index in [2.05, 4.69) is 21.2 Å². The van der Waals surface area contributed by atoms with Gasteiger partial charge in [0.25, 0.3) is 0 Å². The summed E-state index contributed by atoms with van der Waals surface area (Å²) < 4.78 is 38.4. The first-order valence-electron chi connectivity index (χ1n) is 5.22. The van der Waals surface area contributed by atoms with E-state index < -0.39 is 17.5 Å². The van der Waals surface area contributed by atoms with Crippen molar-refractivity contribution < 1.29 is 18.3 Å². The maximum absolute atomic E-state index is 12.7. The van der Waals surface area contributed by atoms with E-state index in [4.69, 9.17) is 0 Å². The molecule has 1 aromatic carbocycles. The molecule has 0 aliphatic carbocycles. The molecule has 1 unspecified atom stereocenters. The number of hydrogen-bond acceptors (Lipinski definition) is 2. The van der Waals surface area contributed by atoms with Crippen molar-refractivity contribution in [3.63, 3.8) is 0 Å². The van der Waals surface area contributed by atoms with Crippen LogP contribution in [0, 0.1) is 0 Å². The molecule has 0 amide bonds. The van der Waals surface area contributed by atoms with Crippen LogP contribution >= 0.6 is 15.9 Å². The third-order valence-corrected chi connectivity index (χ3v) is 3.30. The van der Waals surface area contributed by atoms with Crippen molar-refractivity contribution in [3.8, 4) is 5.75 Å². The third kappa shape index (κ3) is 2.57. The normalized spacial score (nSPS) is 20.8. The molecule has 0 saturated carbocycles. The number of aromatic hydroxyl groups is 1. The smallest absolute Gasteiger partial charge is 0.420 e. The van der Waals surface area contributed by atoms with Gasteiger partial charge in [0.15, 0.2) is 0 Å². The summed E-state index contributed by atoms with van der Waals surface area (Å²) in [6, 6.07) is 2.23. The highest BCUT2D eigenvalue weighted by Gasteiger charge is 2.36. The maximum atomic E-state index is 12.7. The van der Waals surface area contributed by atoms with Gasteiger partial charge in [0, 0.05) is 16.1 Å². The Bertz CT molecular complexity index is 427. The number of alkyl halides is 3. The molecule has 17 heavy (non-hydrogen) atoms. The minimum absolute atomic E-state index is 0.200. The molecule has 1 heterocycles. The Kier molecular flexibility index (Phi) is 3.36. The fourth-order valence-electron chi connectivity index (χ4n) is 2.05. The lowest BCUT2D eigenvalue weighted by molar-refractivity contribution is -0.138. The van der Waals surface area contributed by atoms with E-state index in [0.29, 0.717) is 10.0 Å². The first-order valence-corrected chi connectivity index (χ1v) is 6.02. The Morgan fingerprint density at radius 1 is 1.35 bits per heavy atom. The lowest BCUT2D eigenvalue weighted by atomic mass is 10.0. The number of nitrogens with one attached hydrogen (secondary N) is 1. The van der Waals surface area contributed by atoms with Crippen LogP contribution in [0.2, 0.25) is 0 Å².